The number of halogens is 1. The second kappa shape index (κ2) is 8.41. The van der Waals surface area contributed by atoms with Gasteiger partial charge in [0.25, 0.3) is 0 Å². The van der Waals surface area contributed by atoms with Gasteiger partial charge in [0, 0.05) is 23.9 Å². The molecule has 1 aliphatic rings. The fourth-order valence-electron chi connectivity index (χ4n) is 4.08. The molecular weight excluding hydrogens is 358 g/mol. The number of nitrogens with zero attached hydrogens (tertiary/aromatic N) is 2. The fraction of sp³-hybridized carbons (Fsp3) is 0.455. The van der Waals surface area contributed by atoms with E-state index in [1.807, 2.05) is 0 Å². The second-order valence-electron chi connectivity index (χ2n) is 7.81. The van der Waals surface area contributed by atoms with Crippen LogP contribution in [0.25, 0.3) is 10.8 Å². The van der Waals surface area contributed by atoms with E-state index < -0.39 is 0 Å². The van der Waals surface area contributed by atoms with Crippen LogP contribution in [-0.4, -0.2) is 16.2 Å². The molecule has 0 bridgehead atoms. The highest BCUT2D eigenvalue weighted by atomic mass is 35.5. The standard InChI is InChI=1S/C22H27N3O.ClH/c1-14(2)21-24-22(26-25-21)17-11-12-18(13-17)23-15(3)19-10-6-8-16-7-4-5-9-20(16)19;/h4-10,14-15,17-18,23H,11-13H2,1-3H3;1H/t15-,17?,18?;/m1./s1. The summed E-state index contributed by atoms with van der Waals surface area (Å²) in [4.78, 5) is 4.60. The minimum absolute atomic E-state index is 0. The maximum absolute atomic E-state index is 5.52. The summed E-state index contributed by atoms with van der Waals surface area (Å²) in [7, 11) is 0. The molecule has 1 N–H and O–H groups in total. The zero-order chi connectivity index (χ0) is 18.1. The average Bonchev–Trinajstić information content (AvgIpc) is 3.30. The van der Waals surface area contributed by atoms with Crippen molar-refractivity contribution in [1.82, 2.24) is 15.5 Å². The van der Waals surface area contributed by atoms with E-state index in [0.29, 0.717) is 23.9 Å². The summed E-state index contributed by atoms with van der Waals surface area (Å²) in [6.45, 7) is 6.46. The van der Waals surface area contributed by atoms with Gasteiger partial charge in [-0.2, -0.15) is 4.98 Å². The third-order valence-corrected chi connectivity index (χ3v) is 5.53. The zero-order valence-electron chi connectivity index (χ0n) is 16.2. The van der Waals surface area contributed by atoms with Gasteiger partial charge < -0.3 is 9.84 Å². The Balaban J connectivity index is 0.00000210. The molecule has 1 fully saturated rings. The van der Waals surface area contributed by atoms with Crippen molar-refractivity contribution in [2.45, 2.75) is 64.0 Å². The molecular formula is C22H28ClN3O. The van der Waals surface area contributed by atoms with Crippen molar-refractivity contribution in [2.24, 2.45) is 0 Å². The lowest BCUT2D eigenvalue weighted by molar-refractivity contribution is 0.345. The SMILES string of the molecule is CC(C)c1noc(C2CCC(N[C@H](C)c3cccc4ccccc34)C2)n1.Cl. The summed E-state index contributed by atoms with van der Waals surface area (Å²) >= 11 is 0. The summed E-state index contributed by atoms with van der Waals surface area (Å²) in [6, 6.07) is 16.0. The third kappa shape index (κ3) is 4.17. The van der Waals surface area contributed by atoms with Crippen LogP contribution in [0.15, 0.2) is 47.0 Å². The fourth-order valence-corrected chi connectivity index (χ4v) is 4.08. The summed E-state index contributed by atoms with van der Waals surface area (Å²) in [6.07, 6.45) is 3.33. The highest BCUT2D eigenvalue weighted by Crippen LogP contribution is 2.35. The van der Waals surface area contributed by atoms with Gasteiger partial charge in [-0.25, -0.2) is 0 Å². The Bertz CT molecular complexity index is 887. The van der Waals surface area contributed by atoms with E-state index in [9.17, 15) is 0 Å². The van der Waals surface area contributed by atoms with Crippen LogP contribution in [0.4, 0.5) is 0 Å². The van der Waals surface area contributed by atoms with Gasteiger partial charge >= 0.3 is 0 Å². The first-order valence-corrected chi connectivity index (χ1v) is 9.69. The Hall–Kier alpha value is -1.91. The lowest BCUT2D eigenvalue weighted by atomic mass is 9.99. The smallest absolute Gasteiger partial charge is 0.229 e. The van der Waals surface area contributed by atoms with Crippen LogP contribution >= 0.6 is 12.4 Å². The Labute approximate surface area is 167 Å². The molecule has 1 saturated carbocycles. The van der Waals surface area contributed by atoms with Crippen LogP contribution in [-0.2, 0) is 0 Å². The zero-order valence-corrected chi connectivity index (χ0v) is 17.0. The van der Waals surface area contributed by atoms with E-state index >= 15 is 0 Å². The molecule has 3 aromatic rings. The quantitative estimate of drug-likeness (QED) is 0.607. The molecule has 3 atom stereocenters. The van der Waals surface area contributed by atoms with Crippen molar-refractivity contribution in [1.29, 1.82) is 0 Å². The molecule has 4 nitrogen and oxygen atoms in total. The number of rotatable bonds is 5. The van der Waals surface area contributed by atoms with Gasteiger partial charge in [-0.1, -0.05) is 61.5 Å². The van der Waals surface area contributed by atoms with Gasteiger partial charge in [-0.05, 0) is 42.5 Å². The van der Waals surface area contributed by atoms with Gasteiger partial charge in [0.1, 0.15) is 0 Å². The summed E-state index contributed by atoms with van der Waals surface area (Å²) in [5.74, 6) is 2.33. The normalized spacial score (nSPS) is 20.7. The number of benzene rings is 2. The van der Waals surface area contributed by atoms with Crippen molar-refractivity contribution in [3.8, 4) is 0 Å². The van der Waals surface area contributed by atoms with Gasteiger partial charge in [0.05, 0.1) is 0 Å². The minimum atomic E-state index is 0. The molecule has 1 aromatic heterocycles. The maximum Gasteiger partial charge on any atom is 0.229 e. The first-order chi connectivity index (χ1) is 12.6. The lowest BCUT2D eigenvalue weighted by Gasteiger charge is -2.21. The molecule has 0 saturated heterocycles. The van der Waals surface area contributed by atoms with E-state index in [1.54, 1.807) is 0 Å². The van der Waals surface area contributed by atoms with Crippen LogP contribution in [0.2, 0.25) is 0 Å². The summed E-state index contributed by atoms with van der Waals surface area (Å²) < 4.78 is 5.52. The highest BCUT2D eigenvalue weighted by molar-refractivity contribution is 5.86. The highest BCUT2D eigenvalue weighted by Gasteiger charge is 2.31. The Morgan fingerprint density at radius 3 is 2.59 bits per heavy atom. The molecule has 0 spiro atoms. The molecule has 144 valence electrons. The van der Waals surface area contributed by atoms with Crippen molar-refractivity contribution in [3.05, 3.63) is 59.7 Å². The summed E-state index contributed by atoms with van der Waals surface area (Å²) in [5, 5.41) is 10.6. The second-order valence-corrected chi connectivity index (χ2v) is 7.81. The van der Waals surface area contributed by atoms with Gasteiger partial charge in [-0.15, -0.1) is 12.4 Å². The van der Waals surface area contributed by atoms with E-state index in [4.69, 9.17) is 4.52 Å². The Morgan fingerprint density at radius 2 is 1.81 bits per heavy atom. The van der Waals surface area contributed by atoms with Crippen molar-refractivity contribution in [3.63, 3.8) is 0 Å². The van der Waals surface area contributed by atoms with Crippen molar-refractivity contribution < 1.29 is 4.52 Å². The largest absolute Gasteiger partial charge is 0.339 e. The molecule has 5 heteroatoms. The van der Waals surface area contributed by atoms with Crippen molar-refractivity contribution in [2.75, 3.05) is 0 Å². The van der Waals surface area contributed by atoms with E-state index in [0.717, 1.165) is 31.0 Å². The van der Waals surface area contributed by atoms with Gasteiger partial charge in [0.2, 0.25) is 5.89 Å². The van der Waals surface area contributed by atoms with Crippen LogP contribution in [0.1, 0.15) is 75.2 Å². The molecule has 1 heterocycles. The van der Waals surface area contributed by atoms with E-state index in [2.05, 4.69) is 78.7 Å². The molecule has 2 aromatic carbocycles. The first-order valence-electron chi connectivity index (χ1n) is 9.69. The topological polar surface area (TPSA) is 51.0 Å². The summed E-state index contributed by atoms with van der Waals surface area (Å²) in [5.41, 5.74) is 1.37. The lowest BCUT2D eigenvalue weighted by Crippen LogP contribution is -2.29. The third-order valence-electron chi connectivity index (χ3n) is 5.53. The molecule has 27 heavy (non-hydrogen) atoms. The van der Waals surface area contributed by atoms with Crippen LogP contribution in [0.3, 0.4) is 0 Å². The molecule has 1 aliphatic carbocycles. The maximum atomic E-state index is 5.52. The number of aromatic nitrogens is 2. The molecule has 4 rings (SSSR count). The molecule has 0 radical (unpaired) electrons. The Kier molecular flexibility index (Phi) is 6.18. The van der Waals surface area contributed by atoms with Crippen LogP contribution in [0, 0.1) is 0 Å². The minimum Gasteiger partial charge on any atom is -0.339 e. The number of hydrogen-bond donors (Lipinski definition) is 1. The van der Waals surface area contributed by atoms with Gasteiger partial charge in [0.15, 0.2) is 5.82 Å². The predicted octanol–water partition coefficient (Wildman–Crippen LogP) is 5.75. The van der Waals surface area contributed by atoms with Crippen LogP contribution in [0.5, 0.6) is 0 Å². The Morgan fingerprint density at radius 1 is 1.04 bits per heavy atom. The molecule has 0 amide bonds. The molecule has 0 aliphatic heterocycles. The van der Waals surface area contributed by atoms with Crippen LogP contribution < -0.4 is 5.32 Å². The number of fused-ring (bicyclic) bond motifs is 1. The van der Waals surface area contributed by atoms with E-state index in [1.165, 1.54) is 16.3 Å². The van der Waals surface area contributed by atoms with E-state index in [-0.39, 0.29) is 12.4 Å². The van der Waals surface area contributed by atoms with Gasteiger partial charge in [-0.3, -0.25) is 0 Å². The average molecular weight is 386 g/mol. The van der Waals surface area contributed by atoms with Crippen molar-refractivity contribution >= 4 is 23.2 Å². The number of hydrogen-bond acceptors (Lipinski definition) is 4. The monoisotopic (exact) mass is 385 g/mol. The predicted molar refractivity (Wildman–Crippen MR) is 112 cm³/mol. The first kappa shape index (κ1) is 19.8. The molecule has 2 unspecified atom stereocenters. The number of nitrogens with one attached hydrogen (secondary N) is 1.